The molecule has 0 unspecified atom stereocenters. The first-order valence-corrected chi connectivity index (χ1v) is 12.5. The number of nitrogens with zero attached hydrogens (tertiary/aromatic N) is 3. The van der Waals surface area contributed by atoms with Gasteiger partial charge in [-0.15, -0.1) is 10.2 Å². The molecule has 1 amide bonds. The van der Waals surface area contributed by atoms with Gasteiger partial charge in [0.15, 0.2) is 9.84 Å². The first-order valence-electron chi connectivity index (χ1n) is 9.14. The average molecular weight is 508 g/mol. The van der Waals surface area contributed by atoms with Crippen molar-refractivity contribution in [3.05, 3.63) is 52.6 Å². The predicted molar refractivity (Wildman–Crippen MR) is 120 cm³/mol. The number of rotatable bonds is 6. The second kappa shape index (κ2) is 8.77. The fourth-order valence-electron chi connectivity index (χ4n) is 3.12. The molecular weight excluding hydrogens is 492 g/mol. The summed E-state index contributed by atoms with van der Waals surface area (Å²) in [5.41, 5.74) is -0.981. The van der Waals surface area contributed by atoms with Crippen LogP contribution in [-0.4, -0.2) is 43.6 Å². The Bertz CT molecular complexity index is 1600. The minimum Gasteiger partial charge on any atom is -0.507 e. The summed E-state index contributed by atoms with van der Waals surface area (Å²) in [5, 5.41) is 31.0. The minimum atomic E-state index is -4.84. The number of sulfone groups is 1. The third-order valence-corrected chi connectivity index (χ3v) is 6.51. The molecule has 3 rings (SSSR count). The molecule has 178 valence electrons. The highest BCUT2D eigenvalue weighted by molar-refractivity contribution is 7.90. The van der Waals surface area contributed by atoms with Gasteiger partial charge in [-0.2, -0.15) is 8.42 Å². The van der Waals surface area contributed by atoms with E-state index in [0.717, 1.165) is 48.7 Å². The number of carbonyl (C=O) groups is 1. The summed E-state index contributed by atoms with van der Waals surface area (Å²) in [4.78, 5) is 20.6. The summed E-state index contributed by atoms with van der Waals surface area (Å²) in [5.74, 6) is -0.980. The summed E-state index contributed by atoms with van der Waals surface area (Å²) in [6.07, 6.45) is 0.817. The van der Waals surface area contributed by atoms with Crippen LogP contribution in [0.15, 0.2) is 62.5 Å². The number of anilines is 1. The molecule has 3 N–H and O–H groups in total. The Kier molecular flexibility index (Phi) is 6.37. The van der Waals surface area contributed by atoms with E-state index >= 15 is 0 Å². The number of hydrogen-bond donors (Lipinski definition) is 3. The molecule has 34 heavy (non-hydrogen) atoms. The van der Waals surface area contributed by atoms with Gasteiger partial charge in [-0.1, -0.05) is 0 Å². The summed E-state index contributed by atoms with van der Waals surface area (Å²) in [7, 11) is -8.82. The summed E-state index contributed by atoms with van der Waals surface area (Å²) >= 11 is 0. The standard InChI is InChI=1S/C19H16N4O9S2/c1-10(24)20-13-6-8-16(34(30,31)32)19-14(5-7-15(25)18(13)19)22-21-12-4-3-11(23(26)27)9-17(12)33(2,28)29/h3-9,25H,1-2H3,(H,20,24)(H,30,31,32)/b22-21+. The Morgan fingerprint density at radius 3 is 2.15 bits per heavy atom. The van der Waals surface area contributed by atoms with E-state index in [9.17, 15) is 41.4 Å². The topological polar surface area (TPSA) is 206 Å². The molecular formula is C19H16N4O9S2. The minimum absolute atomic E-state index is 0.0108. The molecule has 0 aliphatic rings. The van der Waals surface area contributed by atoms with Crippen molar-refractivity contribution in [3.8, 4) is 5.75 Å². The van der Waals surface area contributed by atoms with Crippen LogP contribution in [0.4, 0.5) is 22.7 Å². The molecule has 0 atom stereocenters. The van der Waals surface area contributed by atoms with Crippen molar-refractivity contribution >= 4 is 59.4 Å². The van der Waals surface area contributed by atoms with Gasteiger partial charge in [0.05, 0.1) is 21.7 Å². The van der Waals surface area contributed by atoms with Crippen molar-refractivity contribution in [1.82, 2.24) is 0 Å². The number of carbonyl (C=O) groups excluding carboxylic acids is 1. The lowest BCUT2D eigenvalue weighted by atomic mass is 10.1. The Hall–Kier alpha value is -3.95. The van der Waals surface area contributed by atoms with E-state index in [-0.39, 0.29) is 27.8 Å². The van der Waals surface area contributed by atoms with Crippen LogP contribution < -0.4 is 5.32 Å². The molecule has 0 radical (unpaired) electrons. The molecule has 0 saturated heterocycles. The highest BCUT2D eigenvalue weighted by atomic mass is 32.2. The van der Waals surface area contributed by atoms with Crippen LogP contribution in [0.5, 0.6) is 5.75 Å². The number of nitro benzene ring substituents is 1. The quantitative estimate of drug-likeness (QED) is 0.192. The van der Waals surface area contributed by atoms with Crippen molar-refractivity contribution < 1.29 is 36.2 Å². The first kappa shape index (κ1) is 24.7. The monoisotopic (exact) mass is 508 g/mol. The van der Waals surface area contributed by atoms with E-state index in [2.05, 4.69) is 15.5 Å². The Morgan fingerprint density at radius 2 is 1.59 bits per heavy atom. The number of phenols is 1. The van der Waals surface area contributed by atoms with Crippen LogP contribution in [0, 0.1) is 10.1 Å². The van der Waals surface area contributed by atoms with Gasteiger partial charge in [-0.25, -0.2) is 8.42 Å². The normalized spacial score (nSPS) is 12.2. The Labute approximate surface area is 192 Å². The lowest BCUT2D eigenvalue weighted by Gasteiger charge is -2.13. The first-order chi connectivity index (χ1) is 15.7. The fraction of sp³-hybridized carbons (Fsp3) is 0.105. The van der Waals surface area contributed by atoms with Crippen molar-refractivity contribution in [3.63, 3.8) is 0 Å². The summed E-state index contributed by atoms with van der Waals surface area (Å²) < 4.78 is 57.9. The summed E-state index contributed by atoms with van der Waals surface area (Å²) in [6, 6.07) is 7.28. The Balaban J connectivity index is 2.33. The molecule has 0 aliphatic carbocycles. The van der Waals surface area contributed by atoms with E-state index in [0.29, 0.717) is 0 Å². The third-order valence-electron chi connectivity index (χ3n) is 4.49. The van der Waals surface area contributed by atoms with Gasteiger partial charge in [0.1, 0.15) is 21.2 Å². The SMILES string of the molecule is CC(=O)Nc1ccc(S(=O)(=O)O)c2c(/N=N/c3ccc([N+](=O)[O-])cc3S(C)(=O)=O)ccc(O)c12. The molecule has 0 bridgehead atoms. The van der Waals surface area contributed by atoms with Gasteiger partial charge in [0, 0.05) is 30.7 Å². The largest absolute Gasteiger partial charge is 0.507 e. The van der Waals surface area contributed by atoms with Crippen molar-refractivity contribution in [2.75, 3.05) is 11.6 Å². The number of phenolic OH excluding ortho intramolecular Hbond substituents is 1. The Morgan fingerprint density at radius 1 is 0.971 bits per heavy atom. The zero-order valence-corrected chi connectivity index (χ0v) is 19.1. The molecule has 0 heterocycles. The molecule has 13 nitrogen and oxygen atoms in total. The van der Waals surface area contributed by atoms with Gasteiger partial charge in [0.2, 0.25) is 5.91 Å². The molecule has 15 heteroatoms. The molecule has 3 aromatic rings. The van der Waals surface area contributed by atoms with E-state index in [4.69, 9.17) is 0 Å². The van der Waals surface area contributed by atoms with Crippen LogP contribution in [0.1, 0.15) is 6.92 Å². The second-order valence-electron chi connectivity index (χ2n) is 7.00. The number of aromatic hydroxyl groups is 1. The number of nitro groups is 1. The third kappa shape index (κ3) is 5.00. The number of fused-ring (bicyclic) bond motifs is 1. The smallest absolute Gasteiger partial charge is 0.295 e. The maximum atomic E-state index is 12.1. The highest BCUT2D eigenvalue weighted by Gasteiger charge is 2.22. The van der Waals surface area contributed by atoms with E-state index in [1.807, 2.05) is 0 Å². The van der Waals surface area contributed by atoms with Gasteiger partial charge in [-0.05, 0) is 30.3 Å². The molecule has 0 aromatic heterocycles. The van der Waals surface area contributed by atoms with Crippen LogP contribution in [0.2, 0.25) is 0 Å². The van der Waals surface area contributed by atoms with Crippen molar-refractivity contribution in [2.24, 2.45) is 10.2 Å². The van der Waals surface area contributed by atoms with Crippen molar-refractivity contribution in [1.29, 1.82) is 0 Å². The van der Waals surface area contributed by atoms with E-state index in [1.54, 1.807) is 0 Å². The molecule has 0 fully saturated rings. The number of hydrogen-bond acceptors (Lipinski definition) is 10. The van der Waals surface area contributed by atoms with Gasteiger partial charge >= 0.3 is 0 Å². The number of non-ortho nitro benzene ring substituents is 1. The van der Waals surface area contributed by atoms with Gasteiger partial charge in [0.25, 0.3) is 15.8 Å². The zero-order valence-electron chi connectivity index (χ0n) is 17.5. The van der Waals surface area contributed by atoms with E-state index < -0.39 is 52.0 Å². The molecule has 3 aromatic carbocycles. The number of azo groups is 1. The number of benzene rings is 3. The maximum absolute atomic E-state index is 12.1. The number of amides is 1. The lowest BCUT2D eigenvalue weighted by molar-refractivity contribution is -0.385. The second-order valence-corrected chi connectivity index (χ2v) is 10.4. The molecule has 0 saturated carbocycles. The lowest BCUT2D eigenvalue weighted by Crippen LogP contribution is -2.07. The van der Waals surface area contributed by atoms with Crippen LogP contribution in [0.25, 0.3) is 10.8 Å². The average Bonchev–Trinajstić information content (AvgIpc) is 2.71. The maximum Gasteiger partial charge on any atom is 0.295 e. The summed E-state index contributed by atoms with van der Waals surface area (Å²) in [6.45, 7) is 1.18. The van der Waals surface area contributed by atoms with Crippen LogP contribution in [0.3, 0.4) is 0 Å². The van der Waals surface area contributed by atoms with Crippen LogP contribution in [-0.2, 0) is 24.7 Å². The fourth-order valence-corrected chi connectivity index (χ4v) is 4.65. The van der Waals surface area contributed by atoms with E-state index in [1.165, 1.54) is 6.92 Å². The number of nitrogens with one attached hydrogen (secondary N) is 1. The van der Waals surface area contributed by atoms with Gasteiger partial charge in [-0.3, -0.25) is 19.5 Å². The highest BCUT2D eigenvalue weighted by Crippen LogP contribution is 2.42. The van der Waals surface area contributed by atoms with Crippen molar-refractivity contribution in [2.45, 2.75) is 16.7 Å². The molecule has 0 aliphatic heterocycles. The predicted octanol–water partition coefficient (Wildman–Crippen LogP) is 3.48. The zero-order chi connectivity index (χ0) is 25.4. The van der Waals surface area contributed by atoms with Gasteiger partial charge < -0.3 is 10.4 Å². The van der Waals surface area contributed by atoms with Crippen LogP contribution >= 0.6 is 0 Å². The molecule has 0 spiro atoms.